The van der Waals surface area contributed by atoms with E-state index in [9.17, 15) is 14.7 Å². The van der Waals surface area contributed by atoms with Crippen LogP contribution < -0.4 is 16.2 Å². The number of β-amino-alcohol motifs (C(OH)–C–C–N with tert-alkyl or cyclic N) is 1. The van der Waals surface area contributed by atoms with Gasteiger partial charge in [-0.15, -0.1) is 0 Å². The Morgan fingerprint density at radius 3 is 2.68 bits per heavy atom. The van der Waals surface area contributed by atoms with Crippen LogP contribution in [-0.4, -0.2) is 57.2 Å². The van der Waals surface area contributed by atoms with Crippen molar-refractivity contribution in [3.63, 3.8) is 0 Å². The lowest BCUT2D eigenvalue weighted by atomic mass is 9.93. The van der Waals surface area contributed by atoms with Gasteiger partial charge in [0, 0.05) is 37.1 Å². The maximum Gasteiger partial charge on any atom is 0.297 e. The second-order valence-electron chi connectivity index (χ2n) is 10.8. The Morgan fingerprint density at radius 1 is 1.16 bits per heavy atom. The van der Waals surface area contributed by atoms with Crippen molar-refractivity contribution in [2.45, 2.75) is 57.7 Å². The molecule has 38 heavy (non-hydrogen) atoms. The number of aliphatic hydroxyl groups is 1. The van der Waals surface area contributed by atoms with Crippen molar-refractivity contribution in [3.05, 3.63) is 88.0 Å². The minimum absolute atomic E-state index is 0.116. The van der Waals surface area contributed by atoms with Crippen LogP contribution in [0.3, 0.4) is 0 Å². The Kier molecular flexibility index (Phi) is 7.90. The summed E-state index contributed by atoms with van der Waals surface area (Å²) in [6.45, 7) is 6.52. The van der Waals surface area contributed by atoms with Gasteiger partial charge in [-0.3, -0.25) is 14.2 Å². The zero-order valence-electron chi connectivity index (χ0n) is 22.1. The normalized spacial score (nSPS) is 19.5. The number of benzene rings is 2. The third-order valence-corrected chi connectivity index (χ3v) is 7.53. The van der Waals surface area contributed by atoms with E-state index < -0.39 is 0 Å². The molecule has 2 aliphatic rings. The fourth-order valence-corrected chi connectivity index (χ4v) is 5.28. The van der Waals surface area contributed by atoms with E-state index in [0.29, 0.717) is 17.8 Å². The number of aliphatic hydroxyl groups excluding tert-OH is 1. The number of carbonyl (C=O) groups excluding carboxylic acids is 1. The van der Waals surface area contributed by atoms with Crippen LogP contribution in [0.4, 0.5) is 5.82 Å². The molecule has 2 heterocycles. The number of piperidine rings is 1. The first-order valence-electron chi connectivity index (χ1n) is 13.6. The van der Waals surface area contributed by atoms with Gasteiger partial charge in [-0.25, -0.2) is 4.98 Å². The molecule has 0 radical (unpaired) electrons. The highest BCUT2D eigenvalue weighted by atomic mass is 16.3. The first-order valence-corrected chi connectivity index (χ1v) is 13.6. The summed E-state index contributed by atoms with van der Waals surface area (Å²) < 4.78 is 1.56. The number of anilines is 1. The Balaban J connectivity index is 1.42. The molecule has 8 heteroatoms. The third-order valence-electron chi connectivity index (χ3n) is 7.53. The predicted octanol–water partition coefficient (Wildman–Crippen LogP) is 3.68. The highest BCUT2D eigenvalue weighted by molar-refractivity contribution is 5.95. The van der Waals surface area contributed by atoms with Crippen molar-refractivity contribution < 1.29 is 9.90 Å². The highest BCUT2D eigenvalue weighted by Crippen LogP contribution is 2.27. The fraction of sp³-hybridized carbons (Fsp3) is 0.433. The minimum Gasteiger partial charge on any atom is -0.392 e. The average Bonchev–Trinajstić information content (AvgIpc) is 3.73. The summed E-state index contributed by atoms with van der Waals surface area (Å²) in [6.07, 6.45) is 6.85. The molecule has 1 amide bonds. The number of aromatic nitrogens is 2. The van der Waals surface area contributed by atoms with Gasteiger partial charge in [0.15, 0.2) is 5.82 Å². The Hall–Kier alpha value is -3.49. The van der Waals surface area contributed by atoms with Crippen LogP contribution in [0.2, 0.25) is 0 Å². The van der Waals surface area contributed by atoms with E-state index in [0.717, 1.165) is 49.9 Å². The molecule has 1 aromatic heterocycles. The average molecular weight is 516 g/mol. The predicted molar refractivity (Wildman–Crippen MR) is 149 cm³/mol. The fourth-order valence-electron chi connectivity index (χ4n) is 5.28. The van der Waals surface area contributed by atoms with Gasteiger partial charge in [-0.1, -0.05) is 43.3 Å². The van der Waals surface area contributed by atoms with Crippen molar-refractivity contribution >= 4 is 11.7 Å². The van der Waals surface area contributed by atoms with Crippen LogP contribution in [0.5, 0.6) is 0 Å². The van der Waals surface area contributed by atoms with E-state index in [1.165, 1.54) is 0 Å². The van der Waals surface area contributed by atoms with Gasteiger partial charge >= 0.3 is 0 Å². The van der Waals surface area contributed by atoms with Crippen LogP contribution in [0.15, 0.2) is 65.7 Å². The van der Waals surface area contributed by atoms with E-state index in [4.69, 9.17) is 0 Å². The molecule has 1 saturated carbocycles. The number of nitrogens with one attached hydrogen (secondary N) is 2. The molecule has 0 spiro atoms. The molecule has 5 rings (SSSR count). The number of likely N-dealkylation sites (tertiary alicyclic amines) is 1. The molecular weight excluding hydrogens is 478 g/mol. The first-order chi connectivity index (χ1) is 18.4. The molecule has 1 aliphatic heterocycles. The summed E-state index contributed by atoms with van der Waals surface area (Å²) in [5, 5.41) is 16.6. The summed E-state index contributed by atoms with van der Waals surface area (Å²) in [5.74, 6) is 0.294. The summed E-state index contributed by atoms with van der Waals surface area (Å²) in [6, 6.07) is 15.7. The van der Waals surface area contributed by atoms with Gasteiger partial charge in [0.1, 0.15) is 0 Å². The lowest BCUT2D eigenvalue weighted by molar-refractivity contribution is 0.0618. The van der Waals surface area contributed by atoms with Crippen LogP contribution in [-0.2, 0) is 0 Å². The quantitative estimate of drug-likeness (QED) is 0.402. The number of amides is 1. The Bertz CT molecular complexity index is 1320. The maximum absolute atomic E-state index is 13.7. The zero-order valence-corrected chi connectivity index (χ0v) is 22.1. The van der Waals surface area contributed by atoms with E-state index in [-0.39, 0.29) is 41.4 Å². The summed E-state index contributed by atoms with van der Waals surface area (Å²) in [4.78, 5) is 33.1. The molecule has 2 aromatic carbocycles. The van der Waals surface area contributed by atoms with Gasteiger partial charge in [0.05, 0.1) is 17.8 Å². The van der Waals surface area contributed by atoms with Crippen LogP contribution in [0.25, 0.3) is 5.69 Å². The van der Waals surface area contributed by atoms with Crippen LogP contribution in [0, 0.1) is 12.8 Å². The lowest BCUT2D eigenvalue weighted by Crippen LogP contribution is -2.42. The number of nitrogens with zero attached hydrogens (tertiary/aromatic N) is 3. The molecule has 3 atom stereocenters. The van der Waals surface area contributed by atoms with Crippen molar-refractivity contribution in [2.24, 2.45) is 5.92 Å². The van der Waals surface area contributed by atoms with Crippen molar-refractivity contribution in [1.29, 1.82) is 0 Å². The summed E-state index contributed by atoms with van der Waals surface area (Å²) in [5.41, 5.74) is 2.90. The molecule has 3 N–H and O–H groups in total. The molecule has 1 saturated heterocycles. The molecule has 200 valence electrons. The molecule has 0 bridgehead atoms. The summed E-state index contributed by atoms with van der Waals surface area (Å²) >= 11 is 0. The summed E-state index contributed by atoms with van der Waals surface area (Å²) in [7, 11) is 0. The Labute approximate surface area is 223 Å². The van der Waals surface area contributed by atoms with E-state index >= 15 is 0 Å². The molecule has 0 unspecified atom stereocenters. The number of hydrogen-bond acceptors (Lipinski definition) is 6. The van der Waals surface area contributed by atoms with Crippen LogP contribution >= 0.6 is 0 Å². The second kappa shape index (κ2) is 11.5. The maximum atomic E-state index is 13.7. The molecule has 3 aromatic rings. The molecule has 1 aliphatic carbocycles. The van der Waals surface area contributed by atoms with Gasteiger partial charge in [-0.05, 0) is 68.3 Å². The Morgan fingerprint density at radius 2 is 1.95 bits per heavy atom. The smallest absolute Gasteiger partial charge is 0.297 e. The largest absolute Gasteiger partial charge is 0.392 e. The monoisotopic (exact) mass is 515 g/mol. The standard InChI is InChI=1S/C30H37N5O3/c1-20-10-11-23(29(37)32-24-12-13-24)17-26(20)35-16-14-31-28(30(35)38)33-27(22-7-4-3-5-8-22)21(2)18-34-15-6-9-25(36)19-34/h3-5,7-8,10-11,14,16-17,21,24-25,27,36H,6,9,12-13,15,18-19H2,1-2H3,(H,31,33)(H,32,37)/t21-,25+,27-/m1/s1. The number of hydrogen-bond donors (Lipinski definition) is 3. The number of aryl methyl sites for hydroxylation is 1. The topological polar surface area (TPSA) is 99.5 Å². The molecule has 8 nitrogen and oxygen atoms in total. The lowest BCUT2D eigenvalue weighted by Gasteiger charge is -2.35. The van der Waals surface area contributed by atoms with Gasteiger partial charge in [-0.2, -0.15) is 0 Å². The molecular formula is C30H37N5O3. The second-order valence-corrected chi connectivity index (χ2v) is 10.8. The number of carbonyl (C=O) groups is 1. The van der Waals surface area contributed by atoms with E-state index in [1.54, 1.807) is 29.1 Å². The highest BCUT2D eigenvalue weighted by Gasteiger charge is 2.27. The SMILES string of the molecule is Cc1ccc(C(=O)NC2CC2)cc1-n1ccnc(N[C@@H](c2ccccc2)[C@H](C)CN2CCC[C@H](O)C2)c1=O. The van der Waals surface area contributed by atoms with Gasteiger partial charge in [0.2, 0.25) is 0 Å². The van der Waals surface area contributed by atoms with E-state index in [1.807, 2.05) is 31.2 Å². The minimum atomic E-state index is -0.285. The number of rotatable bonds is 9. The van der Waals surface area contributed by atoms with Crippen molar-refractivity contribution in [2.75, 3.05) is 25.0 Å². The third kappa shape index (κ3) is 6.14. The van der Waals surface area contributed by atoms with Crippen molar-refractivity contribution in [1.82, 2.24) is 19.8 Å². The first kappa shape index (κ1) is 26.1. The molecule has 2 fully saturated rings. The van der Waals surface area contributed by atoms with E-state index in [2.05, 4.69) is 39.6 Å². The van der Waals surface area contributed by atoms with Crippen LogP contribution in [0.1, 0.15) is 60.1 Å². The van der Waals surface area contributed by atoms with Gasteiger partial charge < -0.3 is 20.6 Å². The zero-order chi connectivity index (χ0) is 26.6. The van der Waals surface area contributed by atoms with Crippen molar-refractivity contribution in [3.8, 4) is 5.69 Å². The van der Waals surface area contributed by atoms with Gasteiger partial charge in [0.25, 0.3) is 11.5 Å².